The van der Waals surface area contributed by atoms with Gasteiger partial charge in [0.2, 0.25) is 0 Å². The van der Waals surface area contributed by atoms with E-state index in [1.54, 1.807) is 4.52 Å². The van der Waals surface area contributed by atoms with Gasteiger partial charge in [-0.3, -0.25) is 4.79 Å². The SMILES string of the molecule is COC(=O)C1(c2nc3cccc(C)n3n2)CC1. The summed E-state index contributed by atoms with van der Waals surface area (Å²) in [7, 11) is 1.41. The van der Waals surface area contributed by atoms with Crippen molar-refractivity contribution in [3.63, 3.8) is 0 Å². The molecular formula is C12H13N3O2. The zero-order valence-corrected chi connectivity index (χ0v) is 9.80. The number of aryl methyl sites for hydroxylation is 1. The lowest BCUT2D eigenvalue weighted by Crippen LogP contribution is -2.23. The molecule has 0 aromatic carbocycles. The molecule has 0 spiro atoms. The predicted octanol–water partition coefficient (Wildman–Crippen LogP) is 1.24. The average molecular weight is 231 g/mol. The number of hydrogen-bond donors (Lipinski definition) is 0. The molecule has 0 radical (unpaired) electrons. The molecule has 2 aromatic heterocycles. The first kappa shape index (κ1) is 10.3. The Morgan fingerprint density at radius 2 is 2.24 bits per heavy atom. The number of ether oxygens (including phenoxy) is 1. The molecule has 2 aromatic rings. The number of rotatable bonds is 2. The van der Waals surface area contributed by atoms with Gasteiger partial charge in [-0.05, 0) is 31.9 Å². The molecule has 5 nitrogen and oxygen atoms in total. The predicted molar refractivity (Wildman–Crippen MR) is 60.7 cm³/mol. The molecule has 1 aliphatic rings. The lowest BCUT2D eigenvalue weighted by Gasteiger charge is -2.06. The van der Waals surface area contributed by atoms with Crippen LogP contribution in [0, 0.1) is 6.92 Å². The van der Waals surface area contributed by atoms with Crippen LogP contribution in [0.5, 0.6) is 0 Å². The van der Waals surface area contributed by atoms with Crippen LogP contribution >= 0.6 is 0 Å². The number of fused-ring (bicyclic) bond motifs is 1. The summed E-state index contributed by atoms with van der Waals surface area (Å²) >= 11 is 0. The van der Waals surface area contributed by atoms with Gasteiger partial charge in [-0.25, -0.2) is 9.50 Å². The van der Waals surface area contributed by atoms with Crippen molar-refractivity contribution in [2.45, 2.75) is 25.2 Å². The molecule has 2 heterocycles. The molecule has 1 aliphatic carbocycles. The molecule has 0 N–H and O–H groups in total. The zero-order valence-electron chi connectivity index (χ0n) is 9.80. The van der Waals surface area contributed by atoms with E-state index in [2.05, 4.69) is 10.1 Å². The standard InChI is InChI=1S/C12H13N3O2/c1-8-4-3-5-9-13-10(14-15(8)9)12(6-7-12)11(16)17-2/h3-5H,6-7H2,1-2H3. The number of nitrogens with zero attached hydrogens (tertiary/aromatic N) is 3. The topological polar surface area (TPSA) is 56.5 Å². The van der Waals surface area contributed by atoms with Crippen molar-refractivity contribution in [3.8, 4) is 0 Å². The highest BCUT2D eigenvalue weighted by Gasteiger charge is 2.56. The fraction of sp³-hybridized carbons (Fsp3) is 0.417. The number of esters is 1. The van der Waals surface area contributed by atoms with E-state index in [-0.39, 0.29) is 5.97 Å². The van der Waals surface area contributed by atoms with Crippen LogP contribution in [0.3, 0.4) is 0 Å². The van der Waals surface area contributed by atoms with Gasteiger partial charge in [-0.1, -0.05) is 6.07 Å². The highest BCUT2D eigenvalue weighted by molar-refractivity contribution is 5.85. The summed E-state index contributed by atoms with van der Waals surface area (Å²) in [5.41, 5.74) is 1.19. The summed E-state index contributed by atoms with van der Waals surface area (Å²) in [6, 6.07) is 5.78. The van der Waals surface area contributed by atoms with Crippen LogP contribution in [0.15, 0.2) is 18.2 Å². The van der Waals surface area contributed by atoms with E-state index in [0.29, 0.717) is 5.82 Å². The van der Waals surface area contributed by atoms with Gasteiger partial charge in [-0.15, -0.1) is 5.10 Å². The third-order valence-corrected chi connectivity index (χ3v) is 3.30. The minimum atomic E-state index is -0.590. The Hall–Kier alpha value is -1.91. The number of carbonyl (C=O) groups is 1. The lowest BCUT2D eigenvalue weighted by molar-refractivity contribution is -0.143. The van der Waals surface area contributed by atoms with Crippen LogP contribution < -0.4 is 0 Å². The lowest BCUT2D eigenvalue weighted by atomic mass is 10.1. The third-order valence-electron chi connectivity index (χ3n) is 3.30. The Morgan fingerprint density at radius 1 is 1.47 bits per heavy atom. The fourth-order valence-electron chi connectivity index (χ4n) is 2.08. The molecule has 0 saturated heterocycles. The number of methoxy groups -OCH3 is 1. The van der Waals surface area contributed by atoms with Crippen molar-refractivity contribution in [3.05, 3.63) is 29.7 Å². The van der Waals surface area contributed by atoms with Gasteiger partial charge in [0.15, 0.2) is 11.5 Å². The first-order valence-electron chi connectivity index (χ1n) is 5.59. The Labute approximate surface area is 98.4 Å². The summed E-state index contributed by atoms with van der Waals surface area (Å²) in [5, 5.41) is 4.42. The average Bonchev–Trinajstić information content (AvgIpc) is 3.02. The third kappa shape index (κ3) is 1.35. The Morgan fingerprint density at radius 3 is 2.82 bits per heavy atom. The molecule has 0 unspecified atom stereocenters. The smallest absolute Gasteiger partial charge is 0.319 e. The van der Waals surface area contributed by atoms with Gasteiger partial charge < -0.3 is 4.74 Å². The molecular weight excluding hydrogens is 218 g/mol. The second-order valence-corrected chi connectivity index (χ2v) is 4.45. The first-order chi connectivity index (χ1) is 8.17. The summed E-state index contributed by atoms with van der Waals surface area (Å²) in [4.78, 5) is 16.2. The van der Waals surface area contributed by atoms with Gasteiger partial charge >= 0.3 is 5.97 Å². The largest absolute Gasteiger partial charge is 0.468 e. The van der Waals surface area contributed by atoms with Gasteiger partial charge in [0.05, 0.1) is 7.11 Å². The minimum absolute atomic E-state index is 0.231. The first-order valence-corrected chi connectivity index (χ1v) is 5.59. The summed E-state index contributed by atoms with van der Waals surface area (Å²) in [6.45, 7) is 1.96. The normalized spacial score (nSPS) is 17.1. The van der Waals surface area contributed by atoms with E-state index in [1.165, 1.54) is 7.11 Å². The fourth-order valence-corrected chi connectivity index (χ4v) is 2.08. The van der Waals surface area contributed by atoms with Gasteiger partial charge in [-0.2, -0.15) is 0 Å². The quantitative estimate of drug-likeness (QED) is 0.730. The van der Waals surface area contributed by atoms with Gasteiger partial charge in [0, 0.05) is 5.69 Å². The van der Waals surface area contributed by atoms with Gasteiger partial charge in [0.25, 0.3) is 0 Å². The van der Waals surface area contributed by atoms with Crippen molar-refractivity contribution in [2.24, 2.45) is 0 Å². The monoisotopic (exact) mass is 231 g/mol. The molecule has 0 aliphatic heterocycles. The minimum Gasteiger partial charge on any atom is -0.468 e. The van der Waals surface area contributed by atoms with Crippen molar-refractivity contribution in [1.29, 1.82) is 0 Å². The maximum atomic E-state index is 11.7. The van der Waals surface area contributed by atoms with E-state index in [4.69, 9.17) is 4.74 Å². The molecule has 3 rings (SSSR count). The van der Waals surface area contributed by atoms with Crippen LogP contribution in [0.25, 0.3) is 5.65 Å². The second-order valence-electron chi connectivity index (χ2n) is 4.45. The molecule has 0 bridgehead atoms. The van der Waals surface area contributed by atoms with E-state index in [9.17, 15) is 4.79 Å². The van der Waals surface area contributed by atoms with Crippen molar-refractivity contribution in [2.75, 3.05) is 7.11 Å². The maximum absolute atomic E-state index is 11.7. The molecule has 5 heteroatoms. The number of hydrogen-bond acceptors (Lipinski definition) is 4. The van der Waals surface area contributed by atoms with Crippen LogP contribution in [-0.2, 0) is 14.9 Å². The second kappa shape index (κ2) is 3.29. The molecule has 1 saturated carbocycles. The van der Waals surface area contributed by atoms with Crippen molar-refractivity contribution in [1.82, 2.24) is 14.6 Å². The molecule has 88 valence electrons. The molecule has 17 heavy (non-hydrogen) atoms. The highest BCUT2D eigenvalue weighted by atomic mass is 16.5. The van der Waals surface area contributed by atoms with E-state index in [0.717, 1.165) is 24.2 Å². The number of aromatic nitrogens is 3. The van der Waals surface area contributed by atoms with Crippen LogP contribution in [0.1, 0.15) is 24.4 Å². The number of carbonyl (C=O) groups excluding carboxylic acids is 1. The summed E-state index contributed by atoms with van der Waals surface area (Å²) in [5.74, 6) is 0.352. The molecule has 1 fully saturated rings. The van der Waals surface area contributed by atoms with Crippen LogP contribution in [-0.4, -0.2) is 27.7 Å². The Bertz CT molecular complexity index is 599. The molecule has 0 atom stereocenters. The maximum Gasteiger partial charge on any atom is 0.319 e. The van der Waals surface area contributed by atoms with Crippen LogP contribution in [0.4, 0.5) is 0 Å². The number of pyridine rings is 1. The van der Waals surface area contributed by atoms with Crippen molar-refractivity contribution < 1.29 is 9.53 Å². The Balaban J connectivity index is 2.13. The van der Waals surface area contributed by atoms with E-state index >= 15 is 0 Å². The van der Waals surface area contributed by atoms with E-state index < -0.39 is 5.41 Å². The summed E-state index contributed by atoms with van der Waals surface area (Å²) in [6.07, 6.45) is 1.55. The highest BCUT2D eigenvalue weighted by Crippen LogP contribution is 2.47. The van der Waals surface area contributed by atoms with Crippen LogP contribution in [0.2, 0.25) is 0 Å². The van der Waals surface area contributed by atoms with Gasteiger partial charge in [0.1, 0.15) is 5.41 Å². The van der Waals surface area contributed by atoms with E-state index in [1.807, 2.05) is 25.1 Å². The Kier molecular flexibility index (Phi) is 1.98. The molecule has 0 amide bonds. The summed E-state index contributed by atoms with van der Waals surface area (Å²) < 4.78 is 6.59. The van der Waals surface area contributed by atoms with Crippen molar-refractivity contribution >= 4 is 11.6 Å². The zero-order chi connectivity index (χ0) is 12.0.